The van der Waals surface area contributed by atoms with Crippen molar-refractivity contribution in [1.82, 2.24) is 9.97 Å². The first-order valence-electron chi connectivity index (χ1n) is 6.19. The average Bonchev–Trinajstić information content (AvgIpc) is 2.96. The first kappa shape index (κ1) is 11.7. The molecule has 3 heteroatoms. The molecule has 0 radical (unpaired) electrons. The van der Waals surface area contributed by atoms with Gasteiger partial charge in [0, 0.05) is 18.0 Å². The second kappa shape index (κ2) is 5.06. The maximum atomic E-state index is 5.58. The molecule has 0 spiro atoms. The number of benzene rings is 1. The Labute approximate surface area is 112 Å². The Bertz CT molecular complexity index is 630. The summed E-state index contributed by atoms with van der Waals surface area (Å²) in [6.07, 6.45) is 6.90. The van der Waals surface area contributed by atoms with Crippen LogP contribution in [0.4, 0.5) is 0 Å². The number of aromatic nitrogens is 2. The lowest BCUT2D eigenvalue weighted by molar-refractivity contribution is 0.502. The highest BCUT2D eigenvalue weighted by molar-refractivity contribution is 5.38. The summed E-state index contributed by atoms with van der Waals surface area (Å²) >= 11 is 0. The molecule has 0 aliphatic carbocycles. The Morgan fingerprint density at radius 1 is 0.947 bits per heavy atom. The molecule has 0 fully saturated rings. The smallest absolute Gasteiger partial charge is 0.115 e. The maximum absolute atomic E-state index is 5.58. The second-order valence-corrected chi connectivity index (χ2v) is 4.53. The summed E-state index contributed by atoms with van der Waals surface area (Å²) in [6.45, 7) is 2.08. The van der Waals surface area contributed by atoms with E-state index in [0.717, 1.165) is 11.3 Å². The van der Waals surface area contributed by atoms with Crippen LogP contribution in [0.15, 0.2) is 65.8 Å². The van der Waals surface area contributed by atoms with Crippen LogP contribution in [-0.2, 0) is 0 Å². The SMILES string of the molecule is Cc1ccc(C(c2cncnc2)c2ccco2)cc1. The van der Waals surface area contributed by atoms with Gasteiger partial charge in [-0.25, -0.2) is 9.97 Å². The predicted octanol–water partition coefficient (Wildman–Crippen LogP) is 3.56. The van der Waals surface area contributed by atoms with Crippen molar-refractivity contribution < 1.29 is 4.42 Å². The summed E-state index contributed by atoms with van der Waals surface area (Å²) in [4.78, 5) is 8.21. The van der Waals surface area contributed by atoms with Gasteiger partial charge in [-0.1, -0.05) is 29.8 Å². The van der Waals surface area contributed by atoms with Crippen molar-refractivity contribution in [2.75, 3.05) is 0 Å². The summed E-state index contributed by atoms with van der Waals surface area (Å²) in [6, 6.07) is 12.3. The Kier molecular flexibility index (Phi) is 3.11. The summed E-state index contributed by atoms with van der Waals surface area (Å²) in [5.74, 6) is 0.940. The highest BCUT2D eigenvalue weighted by atomic mass is 16.3. The number of aryl methyl sites for hydroxylation is 1. The first-order chi connectivity index (χ1) is 9.34. The maximum Gasteiger partial charge on any atom is 0.115 e. The number of rotatable bonds is 3. The average molecular weight is 250 g/mol. The van der Waals surface area contributed by atoms with Gasteiger partial charge in [0.15, 0.2) is 0 Å². The van der Waals surface area contributed by atoms with Crippen molar-refractivity contribution in [2.45, 2.75) is 12.8 Å². The number of hydrogen-bond donors (Lipinski definition) is 0. The molecular weight excluding hydrogens is 236 g/mol. The fourth-order valence-corrected chi connectivity index (χ4v) is 2.20. The largest absolute Gasteiger partial charge is 0.468 e. The standard InChI is InChI=1S/C16H14N2O/c1-12-4-6-13(7-5-12)16(15-3-2-8-19-15)14-9-17-11-18-10-14/h2-11,16H,1H3. The fourth-order valence-electron chi connectivity index (χ4n) is 2.20. The van der Waals surface area contributed by atoms with E-state index in [2.05, 4.69) is 41.2 Å². The van der Waals surface area contributed by atoms with Crippen molar-refractivity contribution in [3.8, 4) is 0 Å². The van der Waals surface area contributed by atoms with Crippen LogP contribution in [0, 0.1) is 6.92 Å². The first-order valence-corrected chi connectivity index (χ1v) is 6.19. The third-order valence-corrected chi connectivity index (χ3v) is 3.15. The minimum Gasteiger partial charge on any atom is -0.468 e. The molecule has 94 valence electrons. The highest BCUT2D eigenvalue weighted by Crippen LogP contribution is 2.31. The normalized spacial score (nSPS) is 12.3. The minimum atomic E-state index is 0.0387. The van der Waals surface area contributed by atoms with E-state index in [0.29, 0.717) is 0 Å². The molecule has 2 aromatic heterocycles. The monoisotopic (exact) mass is 250 g/mol. The molecule has 1 aromatic carbocycles. The summed E-state index contributed by atoms with van der Waals surface area (Å²) in [7, 11) is 0. The molecule has 0 aliphatic rings. The van der Waals surface area contributed by atoms with Gasteiger partial charge in [-0.15, -0.1) is 0 Å². The van der Waals surface area contributed by atoms with Crippen molar-refractivity contribution in [1.29, 1.82) is 0 Å². The van der Waals surface area contributed by atoms with Crippen LogP contribution in [0.1, 0.15) is 28.4 Å². The van der Waals surface area contributed by atoms with Gasteiger partial charge in [0.2, 0.25) is 0 Å². The van der Waals surface area contributed by atoms with Crippen molar-refractivity contribution in [3.63, 3.8) is 0 Å². The van der Waals surface area contributed by atoms with Crippen LogP contribution in [0.2, 0.25) is 0 Å². The Hall–Kier alpha value is -2.42. The van der Waals surface area contributed by atoms with Gasteiger partial charge in [-0.3, -0.25) is 0 Å². The van der Waals surface area contributed by atoms with E-state index >= 15 is 0 Å². The van der Waals surface area contributed by atoms with E-state index in [1.807, 2.05) is 24.5 Å². The molecular formula is C16H14N2O. The molecule has 0 saturated heterocycles. The summed E-state index contributed by atoms with van der Waals surface area (Å²) in [5.41, 5.74) is 3.45. The quantitative estimate of drug-likeness (QED) is 0.713. The van der Waals surface area contributed by atoms with E-state index < -0.39 is 0 Å². The molecule has 0 bridgehead atoms. The van der Waals surface area contributed by atoms with Crippen LogP contribution in [0.5, 0.6) is 0 Å². The Balaban J connectivity index is 2.10. The Morgan fingerprint density at radius 3 is 2.32 bits per heavy atom. The molecule has 0 aliphatic heterocycles. The third kappa shape index (κ3) is 2.40. The van der Waals surface area contributed by atoms with Crippen molar-refractivity contribution in [2.24, 2.45) is 0 Å². The number of furan rings is 1. The van der Waals surface area contributed by atoms with Gasteiger partial charge in [0.25, 0.3) is 0 Å². The molecule has 3 rings (SSSR count). The van der Waals surface area contributed by atoms with Gasteiger partial charge in [-0.2, -0.15) is 0 Å². The van der Waals surface area contributed by atoms with E-state index in [9.17, 15) is 0 Å². The molecule has 0 N–H and O–H groups in total. The molecule has 2 heterocycles. The predicted molar refractivity (Wildman–Crippen MR) is 72.9 cm³/mol. The number of hydrogen-bond acceptors (Lipinski definition) is 3. The van der Waals surface area contributed by atoms with Gasteiger partial charge in [-0.05, 0) is 24.6 Å². The zero-order valence-electron chi connectivity index (χ0n) is 10.7. The molecule has 0 amide bonds. The lowest BCUT2D eigenvalue weighted by Crippen LogP contribution is -2.03. The van der Waals surface area contributed by atoms with Crippen molar-refractivity contribution >= 4 is 0 Å². The molecule has 3 nitrogen and oxygen atoms in total. The van der Waals surface area contributed by atoms with Crippen LogP contribution in [-0.4, -0.2) is 9.97 Å². The lowest BCUT2D eigenvalue weighted by Gasteiger charge is -2.15. The molecule has 1 atom stereocenters. The van der Waals surface area contributed by atoms with E-state index in [1.54, 1.807) is 6.26 Å². The van der Waals surface area contributed by atoms with Crippen LogP contribution >= 0.6 is 0 Å². The zero-order chi connectivity index (χ0) is 13.1. The Morgan fingerprint density at radius 2 is 1.68 bits per heavy atom. The minimum absolute atomic E-state index is 0.0387. The molecule has 19 heavy (non-hydrogen) atoms. The van der Waals surface area contributed by atoms with E-state index in [1.165, 1.54) is 17.5 Å². The van der Waals surface area contributed by atoms with Gasteiger partial charge >= 0.3 is 0 Å². The fraction of sp³-hybridized carbons (Fsp3) is 0.125. The molecule has 1 unspecified atom stereocenters. The van der Waals surface area contributed by atoms with Crippen LogP contribution in [0.25, 0.3) is 0 Å². The van der Waals surface area contributed by atoms with Gasteiger partial charge in [0.1, 0.15) is 12.1 Å². The summed E-state index contributed by atoms with van der Waals surface area (Å²) < 4.78 is 5.58. The van der Waals surface area contributed by atoms with Gasteiger partial charge in [0.05, 0.1) is 12.2 Å². The molecule has 3 aromatic rings. The highest BCUT2D eigenvalue weighted by Gasteiger charge is 2.19. The van der Waals surface area contributed by atoms with Crippen LogP contribution < -0.4 is 0 Å². The van der Waals surface area contributed by atoms with E-state index in [-0.39, 0.29) is 5.92 Å². The topological polar surface area (TPSA) is 38.9 Å². The zero-order valence-corrected chi connectivity index (χ0v) is 10.7. The summed E-state index contributed by atoms with van der Waals surface area (Å²) in [5, 5.41) is 0. The van der Waals surface area contributed by atoms with E-state index in [4.69, 9.17) is 4.42 Å². The van der Waals surface area contributed by atoms with Gasteiger partial charge < -0.3 is 4.42 Å². The molecule has 0 saturated carbocycles. The van der Waals surface area contributed by atoms with Crippen molar-refractivity contribution in [3.05, 3.63) is 83.8 Å². The van der Waals surface area contributed by atoms with Crippen LogP contribution in [0.3, 0.4) is 0 Å². The third-order valence-electron chi connectivity index (χ3n) is 3.15. The lowest BCUT2D eigenvalue weighted by atomic mass is 9.90. The second-order valence-electron chi connectivity index (χ2n) is 4.53. The number of nitrogens with zero attached hydrogens (tertiary/aromatic N) is 2.